The standard InChI is InChI=1S/C34H30N6O2/c1-4-6-8-10-12-39-31-19(16-35)14-20-25-27(31)22(33(39)41)17-38-30(25)21-15-24(36-3)32-28-23(18-37-29(20)26(21)28)34(42)40(32)13-11-9-7-5-2/h14-15,17-18H,4-13H2,1-2H3. The van der Waals surface area contributed by atoms with E-state index in [4.69, 9.17) is 16.5 Å². The molecule has 42 heavy (non-hydrogen) atoms. The second-order valence-corrected chi connectivity index (χ2v) is 11.4. The van der Waals surface area contributed by atoms with Gasteiger partial charge in [-0.2, -0.15) is 5.26 Å². The number of aromatic nitrogens is 2. The number of anilines is 2. The summed E-state index contributed by atoms with van der Waals surface area (Å²) < 4.78 is 0. The Balaban J connectivity index is 1.52. The average Bonchev–Trinajstić information content (AvgIpc) is 3.46. The molecule has 208 valence electrons. The Morgan fingerprint density at radius 2 is 1.29 bits per heavy atom. The molecule has 0 aliphatic carbocycles. The number of nitriles is 1. The number of unbranched alkanes of at least 4 members (excludes halogenated alkanes) is 6. The molecule has 2 amide bonds. The van der Waals surface area contributed by atoms with Gasteiger partial charge in [0.1, 0.15) is 6.07 Å². The zero-order valence-corrected chi connectivity index (χ0v) is 23.9. The summed E-state index contributed by atoms with van der Waals surface area (Å²) >= 11 is 0. The molecule has 0 saturated heterocycles. The van der Waals surface area contributed by atoms with Crippen LogP contribution in [0.25, 0.3) is 48.2 Å². The second kappa shape index (κ2) is 9.92. The summed E-state index contributed by atoms with van der Waals surface area (Å²) in [6, 6.07) is 6.02. The fourth-order valence-corrected chi connectivity index (χ4v) is 7.01. The zero-order chi connectivity index (χ0) is 29.1. The Labute approximate surface area is 243 Å². The van der Waals surface area contributed by atoms with Gasteiger partial charge >= 0.3 is 0 Å². The van der Waals surface area contributed by atoms with E-state index >= 15 is 0 Å². The number of hydrogen-bond donors (Lipinski definition) is 0. The second-order valence-electron chi connectivity index (χ2n) is 11.4. The largest absolute Gasteiger partial charge is 0.317 e. The Hall–Kier alpha value is -4.82. The van der Waals surface area contributed by atoms with Crippen molar-refractivity contribution in [1.29, 1.82) is 5.26 Å². The molecule has 5 aromatic rings. The monoisotopic (exact) mass is 554 g/mol. The fourth-order valence-electron chi connectivity index (χ4n) is 7.01. The molecule has 0 saturated carbocycles. The summed E-state index contributed by atoms with van der Waals surface area (Å²) in [7, 11) is 0. The lowest BCUT2D eigenvalue weighted by molar-refractivity contribution is 0.0984. The van der Waals surface area contributed by atoms with Crippen molar-refractivity contribution in [2.45, 2.75) is 65.2 Å². The van der Waals surface area contributed by atoms with Crippen LogP contribution in [0, 0.1) is 17.9 Å². The third-order valence-electron chi connectivity index (χ3n) is 8.95. The minimum atomic E-state index is -0.132. The van der Waals surface area contributed by atoms with Gasteiger partial charge in [0.25, 0.3) is 11.8 Å². The normalized spacial score (nSPS) is 13.9. The molecule has 8 nitrogen and oxygen atoms in total. The van der Waals surface area contributed by atoms with Crippen molar-refractivity contribution in [3.63, 3.8) is 0 Å². The molecule has 0 spiro atoms. The number of carbonyl (C=O) groups excluding carboxylic acids is 2. The lowest BCUT2D eigenvalue weighted by Crippen LogP contribution is -2.28. The maximum Gasteiger partial charge on any atom is 0.260 e. The summed E-state index contributed by atoms with van der Waals surface area (Å²) in [6.45, 7) is 13.5. The molecule has 0 bridgehead atoms. The highest BCUT2D eigenvalue weighted by molar-refractivity contribution is 6.42. The molecule has 2 aromatic heterocycles. The Morgan fingerprint density at radius 3 is 1.81 bits per heavy atom. The van der Waals surface area contributed by atoms with Crippen LogP contribution in [0.5, 0.6) is 0 Å². The van der Waals surface area contributed by atoms with Crippen LogP contribution in [0.2, 0.25) is 0 Å². The first kappa shape index (κ1) is 26.1. The van der Waals surface area contributed by atoms with Gasteiger partial charge in [0.2, 0.25) is 5.69 Å². The Bertz CT molecular complexity index is 1900. The van der Waals surface area contributed by atoms with Crippen LogP contribution in [-0.2, 0) is 0 Å². The van der Waals surface area contributed by atoms with Gasteiger partial charge in [-0.15, -0.1) is 0 Å². The topological polar surface area (TPSA) is 94.6 Å². The minimum Gasteiger partial charge on any atom is -0.317 e. The van der Waals surface area contributed by atoms with E-state index in [2.05, 4.69) is 24.8 Å². The first-order valence-electron chi connectivity index (χ1n) is 15.0. The van der Waals surface area contributed by atoms with Gasteiger partial charge in [0.05, 0.1) is 45.7 Å². The van der Waals surface area contributed by atoms with Crippen LogP contribution in [0.1, 0.15) is 91.5 Å². The lowest BCUT2D eigenvalue weighted by atomic mass is 9.90. The van der Waals surface area contributed by atoms with E-state index in [1.807, 2.05) is 12.1 Å². The lowest BCUT2D eigenvalue weighted by Gasteiger charge is -2.21. The molecule has 2 aliphatic heterocycles. The molecule has 0 atom stereocenters. The van der Waals surface area contributed by atoms with Crippen molar-refractivity contribution in [2.24, 2.45) is 0 Å². The summed E-state index contributed by atoms with van der Waals surface area (Å²) in [5, 5.41) is 14.8. The van der Waals surface area contributed by atoms with E-state index in [9.17, 15) is 14.9 Å². The Kier molecular flexibility index (Phi) is 6.17. The molecule has 0 N–H and O–H groups in total. The third-order valence-corrected chi connectivity index (χ3v) is 8.95. The highest BCUT2D eigenvalue weighted by Crippen LogP contribution is 2.52. The molecular formula is C34H30N6O2. The van der Waals surface area contributed by atoms with Crippen LogP contribution in [0.3, 0.4) is 0 Å². The fraction of sp³-hybridized carbons (Fsp3) is 0.353. The number of benzene rings is 3. The van der Waals surface area contributed by atoms with Crippen molar-refractivity contribution in [2.75, 3.05) is 22.9 Å². The van der Waals surface area contributed by atoms with Crippen LogP contribution in [-0.4, -0.2) is 34.9 Å². The number of hydrogen-bond acceptors (Lipinski definition) is 5. The van der Waals surface area contributed by atoms with E-state index < -0.39 is 0 Å². The molecule has 0 fully saturated rings. The minimum absolute atomic E-state index is 0.128. The predicted molar refractivity (Wildman–Crippen MR) is 166 cm³/mol. The van der Waals surface area contributed by atoms with E-state index in [-0.39, 0.29) is 11.8 Å². The first-order valence-corrected chi connectivity index (χ1v) is 15.0. The summed E-state index contributed by atoms with van der Waals surface area (Å²) in [5.41, 5.74) is 4.45. The SMILES string of the molecule is [C-]#[N+]c1cc2c3ncc4c5c(c(C#N)cc(c6ncc7c(c1N(CCCCCC)C7=O)c26)c53)N(CCCCCC)C4=O. The van der Waals surface area contributed by atoms with Crippen molar-refractivity contribution in [1.82, 2.24) is 9.97 Å². The quantitative estimate of drug-likeness (QED) is 0.0754. The van der Waals surface area contributed by atoms with E-state index in [1.165, 1.54) is 0 Å². The van der Waals surface area contributed by atoms with Gasteiger partial charge in [-0.3, -0.25) is 19.6 Å². The molecule has 3 aromatic carbocycles. The van der Waals surface area contributed by atoms with Crippen LogP contribution in [0.4, 0.5) is 17.1 Å². The van der Waals surface area contributed by atoms with Gasteiger partial charge in [-0.1, -0.05) is 52.4 Å². The van der Waals surface area contributed by atoms with Crippen molar-refractivity contribution in [3.8, 4) is 6.07 Å². The number of carbonyl (C=O) groups is 2. The van der Waals surface area contributed by atoms with Gasteiger partial charge in [-0.05, 0) is 25.0 Å². The van der Waals surface area contributed by atoms with Gasteiger partial charge in [0, 0.05) is 57.8 Å². The van der Waals surface area contributed by atoms with Crippen molar-refractivity contribution < 1.29 is 9.59 Å². The van der Waals surface area contributed by atoms with E-state index in [0.29, 0.717) is 57.9 Å². The molecule has 2 aliphatic rings. The smallest absolute Gasteiger partial charge is 0.260 e. The van der Waals surface area contributed by atoms with Crippen LogP contribution >= 0.6 is 0 Å². The van der Waals surface area contributed by atoms with E-state index in [1.54, 1.807) is 22.2 Å². The first-order chi connectivity index (χ1) is 20.5. The number of fused-ring (bicyclic) bond motifs is 2. The van der Waals surface area contributed by atoms with Gasteiger partial charge in [-0.25, -0.2) is 4.85 Å². The molecule has 0 radical (unpaired) electrons. The predicted octanol–water partition coefficient (Wildman–Crippen LogP) is 8.03. The highest BCUT2D eigenvalue weighted by Gasteiger charge is 2.38. The molecular weight excluding hydrogens is 524 g/mol. The molecule has 8 heteroatoms. The number of pyridine rings is 2. The van der Waals surface area contributed by atoms with Gasteiger partial charge < -0.3 is 9.80 Å². The maximum absolute atomic E-state index is 13.7. The summed E-state index contributed by atoms with van der Waals surface area (Å²) in [6.07, 6.45) is 11.4. The van der Waals surface area contributed by atoms with Crippen LogP contribution in [0.15, 0.2) is 24.5 Å². The zero-order valence-electron chi connectivity index (χ0n) is 23.9. The number of nitrogens with zero attached hydrogens (tertiary/aromatic N) is 6. The molecule has 7 rings (SSSR count). The number of amides is 2. The maximum atomic E-state index is 13.7. The Morgan fingerprint density at radius 1 is 0.762 bits per heavy atom. The van der Waals surface area contributed by atoms with Crippen molar-refractivity contribution in [3.05, 3.63) is 52.6 Å². The molecule has 4 heterocycles. The van der Waals surface area contributed by atoms with E-state index in [0.717, 1.165) is 83.7 Å². The highest BCUT2D eigenvalue weighted by atomic mass is 16.2. The van der Waals surface area contributed by atoms with Crippen molar-refractivity contribution >= 4 is 72.2 Å². The number of rotatable bonds is 10. The molecule has 0 unspecified atom stereocenters. The summed E-state index contributed by atoms with van der Waals surface area (Å²) in [4.78, 5) is 44.3. The summed E-state index contributed by atoms with van der Waals surface area (Å²) in [5.74, 6) is -0.259. The third kappa shape index (κ3) is 3.45. The average molecular weight is 555 g/mol. The van der Waals surface area contributed by atoms with Gasteiger partial charge in [0.15, 0.2) is 0 Å². The van der Waals surface area contributed by atoms with Crippen LogP contribution < -0.4 is 9.80 Å².